The van der Waals surface area contributed by atoms with Crippen LogP contribution >= 0.6 is 23.4 Å². The number of nitrogens with zero attached hydrogens (tertiary/aromatic N) is 4. The average Bonchev–Trinajstić information content (AvgIpc) is 2.78. The van der Waals surface area contributed by atoms with Gasteiger partial charge in [-0.3, -0.25) is 9.36 Å². The number of amides is 1. The van der Waals surface area contributed by atoms with E-state index in [-0.39, 0.29) is 5.91 Å². The highest BCUT2D eigenvalue weighted by molar-refractivity contribution is 7.99. The molecular weight excluding hydrogens is 344 g/mol. The molecule has 0 radical (unpaired) electrons. The lowest BCUT2D eigenvalue weighted by molar-refractivity contribution is -0.128. The Hall–Kier alpha value is -1.53. The van der Waals surface area contributed by atoms with Crippen LogP contribution in [0.25, 0.3) is 5.69 Å². The Morgan fingerprint density at radius 2 is 1.79 bits per heavy atom. The van der Waals surface area contributed by atoms with E-state index in [1.165, 1.54) is 24.6 Å². The van der Waals surface area contributed by atoms with Crippen LogP contribution in [0.1, 0.15) is 31.5 Å². The Bertz CT molecular complexity index is 693. The zero-order chi connectivity index (χ0) is 16.9. The number of benzene rings is 1. The van der Waals surface area contributed by atoms with Crippen LogP contribution in [-0.4, -0.2) is 44.4 Å². The van der Waals surface area contributed by atoms with Gasteiger partial charge in [0.1, 0.15) is 5.82 Å². The second-order valence-corrected chi connectivity index (χ2v) is 7.30. The molecule has 0 saturated carbocycles. The average molecular weight is 365 g/mol. The molecule has 0 spiro atoms. The van der Waals surface area contributed by atoms with Crippen LogP contribution in [0.4, 0.5) is 0 Å². The van der Waals surface area contributed by atoms with Crippen LogP contribution in [0.2, 0.25) is 5.02 Å². The van der Waals surface area contributed by atoms with Crippen LogP contribution in [-0.2, 0) is 4.79 Å². The third kappa shape index (κ3) is 4.11. The van der Waals surface area contributed by atoms with E-state index in [0.29, 0.717) is 10.8 Å². The smallest absolute Gasteiger partial charge is 0.233 e. The van der Waals surface area contributed by atoms with Gasteiger partial charge in [0.05, 0.1) is 5.75 Å². The van der Waals surface area contributed by atoms with Crippen molar-refractivity contribution < 1.29 is 4.79 Å². The minimum Gasteiger partial charge on any atom is -0.342 e. The molecule has 128 valence electrons. The Balaban J connectivity index is 1.69. The highest BCUT2D eigenvalue weighted by Gasteiger charge is 2.18. The van der Waals surface area contributed by atoms with Gasteiger partial charge in [-0.1, -0.05) is 36.2 Å². The number of aromatic nitrogens is 3. The van der Waals surface area contributed by atoms with Crippen LogP contribution in [0.15, 0.2) is 29.4 Å². The quantitative estimate of drug-likeness (QED) is 0.776. The minimum atomic E-state index is 0.185. The van der Waals surface area contributed by atoms with Gasteiger partial charge in [-0.2, -0.15) is 0 Å². The third-order valence-corrected chi connectivity index (χ3v) is 5.33. The normalized spacial score (nSPS) is 15.3. The summed E-state index contributed by atoms with van der Waals surface area (Å²) < 4.78 is 1.96. The molecule has 1 aromatic heterocycles. The van der Waals surface area contributed by atoms with E-state index in [0.717, 1.165) is 42.6 Å². The van der Waals surface area contributed by atoms with Crippen molar-refractivity contribution in [3.8, 4) is 5.69 Å². The Morgan fingerprint density at radius 3 is 2.46 bits per heavy atom. The van der Waals surface area contributed by atoms with Crippen molar-refractivity contribution in [3.05, 3.63) is 35.1 Å². The zero-order valence-electron chi connectivity index (χ0n) is 13.7. The summed E-state index contributed by atoms with van der Waals surface area (Å²) in [6, 6.07) is 7.54. The second kappa shape index (κ2) is 8.03. The summed E-state index contributed by atoms with van der Waals surface area (Å²) in [5, 5.41) is 9.80. The number of hydrogen-bond acceptors (Lipinski definition) is 4. The van der Waals surface area contributed by atoms with Gasteiger partial charge < -0.3 is 4.90 Å². The van der Waals surface area contributed by atoms with E-state index in [2.05, 4.69) is 10.2 Å². The maximum Gasteiger partial charge on any atom is 0.233 e. The van der Waals surface area contributed by atoms with Crippen molar-refractivity contribution in [2.24, 2.45) is 0 Å². The number of hydrogen-bond donors (Lipinski definition) is 0. The molecule has 1 saturated heterocycles. The molecule has 0 N–H and O–H groups in total. The highest BCUT2D eigenvalue weighted by Crippen LogP contribution is 2.23. The molecule has 0 atom stereocenters. The molecule has 1 aromatic carbocycles. The summed E-state index contributed by atoms with van der Waals surface area (Å²) in [7, 11) is 0. The Labute approximate surface area is 151 Å². The molecule has 1 amide bonds. The molecule has 3 rings (SSSR count). The summed E-state index contributed by atoms with van der Waals surface area (Å²) >= 11 is 7.40. The molecule has 24 heavy (non-hydrogen) atoms. The maximum absolute atomic E-state index is 12.5. The van der Waals surface area contributed by atoms with E-state index in [1.54, 1.807) is 0 Å². The van der Waals surface area contributed by atoms with Crippen molar-refractivity contribution in [2.75, 3.05) is 18.8 Å². The fraction of sp³-hybridized carbons (Fsp3) is 0.471. The lowest BCUT2D eigenvalue weighted by atomic mass is 10.2. The topological polar surface area (TPSA) is 51.0 Å². The first kappa shape index (κ1) is 17.3. The second-order valence-electron chi connectivity index (χ2n) is 5.93. The first-order valence-electron chi connectivity index (χ1n) is 8.23. The van der Waals surface area contributed by atoms with Gasteiger partial charge in [-0.25, -0.2) is 0 Å². The van der Waals surface area contributed by atoms with Crippen LogP contribution in [0.3, 0.4) is 0 Å². The first-order valence-corrected chi connectivity index (χ1v) is 9.60. The first-order chi connectivity index (χ1) is 11.6. The zero-order valence-corrected chi connectivity index (χ0v) is 15.3. The number of carbonyl (C=O) groups excluding carboxylic acids is 1. The van der Waals surface area contributed by atoms with E-state index in [1.807, 2.05) is 40.7 Å². The molecule has 2 heterocycles. The predicted molar refractivity (Wildman–Crippen MR) is 96.9 cm³/mol. The van der Waals surface area contributed by atoms with Gasteiger partial charge >= 0.3 is 0 Å². The number of thioether (sulfide) groups is 1. The molecule has 0 unspecified atom stereocenters. The van der Waals surface area contributed by atoms with Gasteiger partial charge in [0.25, 0.3) is 0 Å². The number of likely N-dealkylation sites (tertiary alicyclic amines) is 1. The van der Waals surface area contributed by atoms with Crippen molar-refractivity contribution in [1.82, 2.24) is 19.7 Å². The van der Waals surface area contributed by atoms with Crippen molar-refractivity contribution in [3.63, 3.8) is 0 Å². The molecule has 2 aromatic rings. The molecule has 1 aliphatic heterocycles. The Morgan fingerprint density at radius 1 is 1.12 bits per heavy atom. The summed E-state index contributed by atoms with van der Waals surface area (Å²) in [5.41, 5.74) is 0.951. The van der Waals surface area contributed by atoms with Crippen molar-refractivity contribution >= 4 is 29.3 Å². The maximum atomic E-state index is 12.5. The monoisotopic (exact) mass is 364 g/mol. The third-order valence-electron chi connectivity index (χ3n) is 4.16. The van der Waals surface area contributed by atoms with E-state index in [4.69, 9.17) is 11.6 Å². The van der Waals surface area contributed by atoms with E-state index < -0.39 is 0 Å². The molecule has 0 bridgehead atoms. The van der Waals surface area contributed by atoms with Crippen LogP contribution in [0, 0.1) is 6.92 Å². The minimum absolute atomic E-state index is 0.185. The summed E-state index contributed by atoms with van der Waals surface area (Å²) in [4.78, 5) is 14.4. The van der Waals surface area contributed by atoms with E-state index >= 15 is 0 Å². The molecular formula is C17H21ClN4OS. The molecule has 1 fully saturated rings. The van der Waals surface area contributed by atoms with Crippen LogP contribution < -0.4 is 0 Å². The fourth-order valence-corrected chi connectivity index (χ4v) is 3.89. The number of halogens is 1. The van der Waals surface area contributed by atoms with Crippen molar-refractivity contribution in [2.45, 2.75) is 37.8 Å². The number of rotatable bonds is 4. The van der Waals surface area contributed by atoms with E-state index in [9.17, 15) is 4.79 Å². The van der Waals surface area contributed by atoms with Crippen LogP contribution in [0.5, 0.6) is 0 Å². The summed E-state index contributed by atoms with van der Waals surface area (Å²) in [6.07, 6.45) is 4.66. The molecule has 7 heteroatoms. The van der Waals surface area contributed by atoms with Gasteiger partial charge in [0.15, 0.2) is 5.16 Å². The standard InChI is InChI=1S/C17H21ClN4OS/c1-13-19-20-17(22(13)15-8-6-14(18)7-9-15)24-12-16(23)21-10-4-2-3-5-11-21/h6-9H,2-5,10-12H2,1H3. The molecule has 5 nitrogen and oxygen atoms in total. The SMILES string of the molecule is Cc1nnc(SCC(=O)N2CCCCCC2)n1-c1ccc(Cl)cc1. The van der Waals surface area contributed by atoms with Crippen molar-refractivity contribution in [1.29, 1.82) is 0 Å². The number of aryl methyl sites for hydroxylation is 1. The number of carbonyl (C=O) groups is 1. The Kier molecular flexibility index (Phi) is 5.79. The largest absolute Gasteiger partial charge is 0.342 e. The van der Waals surface area contributed by atoms with Gasteiger partial charge in [-0.15, -0.1) is 10.2 Å². The fourth-order valence-electron chi connectivity index (χ4n) is 2.86. The highest BCUT2D eigenvalue weighted by atomic mass is 35.5. The molecule has 1 aliphatic rings. The van der Waals surface area contributed by atoms with Gasteiger partial charge in [-0.05, 0) is 44.0 Å². The summed E-state index contributed by atoms with van der Waals surface area (Å²) in [6.45, 7) is 3.66. The lowest BCUT2D eigenvalue weighted by Gasteiger charge is -2.19. The molecule has 0 aliphatic carbocycles. The predicted octanol–water partition coefficient (Wildman–Crippen LogP) is 3.72. The van der Waals surface area contributed by atoms with Gasteiger partial charge in [0, 0.05) is 23.8 Å². The van der Waals surface area contributed by atoms with Gasteiger partial charge in [0.2, 0.25) is 5.91 Å². The lowest BCUT2D eigenvalue weighted by Crippen LogP contribution is -2.33. The summed E-state index contributed by atoms with van der Waals surface area (Å²) in [5.74, 6) is 1.37.